The molecule has 3 aromatic carbocycles. The van der Waals surface area contributed by atoms with Crippen molar-refractivity contribution in [2.24, 2.45) is 0 Å². The van der Waals surface area contributed by atoms with Gasteiger partial charge in [-0.1, -0.05) is 60.7 Å². The minimum absolute atomic E-state index is 0.103. The third-order valence-corrected chi connectivity index (χ3v) is 5.21. The van der Waals surface area contributed by atoms with E-state index in [1.165, 1.54) is 7.11 Å². The average Bonchev–Trinajstić information content (AvgIpc) is 2.82. The highest BCUT2D eigenvalue weighted by atomic mass is 16.5. The van der Waals surface area contributed by atoms with Crippen molar-refractivity contribution in [3.63, 3.8) is 0 Å². The first kappa shape index (κ1) is 24.0. The summed E-state index contributed by atoms with van der Waals surface area (Å²) in [6, 6.07) is 25.4. The molecule has 3 rings (SSSR count). The zero-order valence-electron chi connectivity index (χ0n) is 18.9. The van der Waals surface area contributed by atoms with Crippen LogP contribution in [0.3, 0.4) is 0 Å². The van der Waals surface area contributed by atoms with Gasteiger partial charge in [-0.05, 0) is 47.4 Å². The summed E-state index contributed by atoms with van der Waals surface area (Å²) in [4.78, 5) is 23.6. The van der Waals surface area contributed by atoms with Crippen molar-refractivity contribution in [2.75, 3.05) is 7.11 Å². The van der Waals surface area contributed by atoms with Crippen molar-refractivity contribution >= 4 is 11.9 Å². The second-order valence-electron chi connectivity index (χ2n) is 7.89. The van der Waals surface area contributed by atoms with E-state index in [9.17, 15) is 9.59 Å². The fraction of sp³-hybridized carbons (Fsp3) is 0.259. The van der Waals surface area contributed by atoms with Crippen molar-refractivity contribution in [3.05, 3.63) is 90.0 Å². The van der Waals surface area contributed by atoms with Gasteiger partial charge in [0.1, 0.15) is 11.9 Å². The number of carboxylic acids is 1. The highest BCUT2D eigenvalue weighted by Gasteiger charge is 2.17. The van der Waals surface area contributed by atoms with Crippen LogP contribution >= 0.6 is 0 Å². The van der Waals surface area contributed by atoms with E-state index in [1.54, 1.807) is 18.2 Å². The van der Waals surface area contributed by atoms with E-state index < -0.39 is 12.1 Å². The largest absolute Gasteiger partial charge is 0.490 e. The van der Waals surface area contributed by atoms with Crippen molar-refractivity contribution in [1.29, 1.82) is 0 Å². The quantitative estimate of drug-likeness (QED) is 0.453. The molecule has 0 fully saturated rings. The smallest absolute Gasteiger partial charge is 0.333 e. The lowest BCUT2D eigenvalue weighted by molar-refractivity contribution is -0.148. The van der Waals surface area contributed by atoms with Crippen LogP contribution in [0, 0.1) is 0 Å². The van der Waals surface area contributed by atoms with E-state index in [1.807, 2.05) is 43.3 Å². The number of carbonyl (C=O) groups excluding carboxylic acids is 1. The maximum atomic E-state index is 12.4. The van der Waals surface area contributed by atoms with Crippen LogP contribution in [-0.4, -0.2) is 36.3 Å². The third-order valence-electron chi connectivity index (χ3n) is 5.21. The molecule has 1 amide bonds. The van der Waals surface area contributed by atoms with Gasteiger partial charge in [0, 0.05) is 20.1 Å². The minimum Gasteiger partial charge on any atom is -0.490 e. The second-order valence-corrected chi connectivity index (χ2v) is 7.89. The van der Waals surface area contributed by atoms with Gasteiger partial charge in [-0.15, -0.1) is 0 Å². The molecular formula is C27H29NO5. The van der Waals surface area contributed by atoms with Crippen LogP contribution in [0.25, 0.3) is 11.1 Å². The Labute approximate surface area is 194 Å². The molecule has 0 aliphatic rings. The van der Waals surface area contributed by atoms with E-state index in [0.717, 1.165) is 22.3 Å². The third kappa shape index (κ3) is 7.47. The summed E-state index contributed by atoms with van der Waals surface area (Å²) in [5.41, 5.74) is 4.06. The lowest BCUT2D eigenvalue weighted by atomic mass is 10.0. The Morgan fingerprint density at radius 2 is 1.61 bits per heavy atom. The fourth-order valence-electron chi connectivity index (χ4n) is 3.53. The molecular weight excluding hydrogens is 418 g/mol. The summed E-state index contributed by atoms with van der Waals surface area (Å²) in [7, 11) is 1.37. The van der Waals surface area contributed by atoms with Gasteiger partial charge in [0.2, 0.25) is 5.91 Å². The van der Waals surface area contributed by atoms with Crippen LogP contribution in [0.4, 0.5) is 0 Å². The molecule has 0 heterocycles. The van der Waals surface area contributed by atoms with Gasteiger partial charge in [-0.3, -0.25) is 4.79 Å². The molecule has 0 spiro atoms. The van der Waals surface area contributed by atoms with Gasteiger partial charge in [0.15, 0.2) is 6.10 Å². The van der Waals surface area contributed by atoms with E-state index in [-0.39, 0.29) is 24.9 Å². The molecule has 0 aromatic heterocycles. The number of ether oxygens (including phenoxy) is 2. The Balaban J connectivity index is 1.50. The summed E-state index contributed by atoms with van der Waals surface area (Å²) < 4.78 is 10.9. The maximum Gasteiger partial charge on any atom is 0.333 e. The molecule has 33 heavy (non-hydrogen) atoms. The van der Waals surface area contributed by atoms with Gasteiger partial charge < -0.3 is 19.9 Å². The number of hydrogen-bond acceptors (Lipinski definition) is 4. The Morgan fingerprint density at radius 1 is 0.909 bits per heavy atom. The first-order valence-electron chi connectivity index (χ1n) is 10.9. The summed E-state index contributed by atoms with van der Waals surface area (Å²) >= 11 is 0. The zero-order chi connectivity index (χ0) is 23.6. The van der Waals surface area contributed by atoms with Crippen LogP contribution in [-0.2, 0) is 27.3 Å². The van der Waals surface area contributed by atoms with E-state index in [2.05, 4.69) is 29.6 Å². The molecule has 0 saturated heterocycles. The minimum atomic E-state index is -1.01. The van der Waals surface area contributed by atoms with Crippen LogP contribution in [0.2, 0.25) is 0 Å². The number of rotatable bonds is 11. The number of carbonyl (C=O) groups is 2. The molecule has 6 heteroatoms. The number of benzene rings is 3. The van der Waals surface area contributed by atoms with Crippen LogP contribution in [0.5, 0.6) is 5.75 Å². The van der Waals surface area contributed by atoms with Gasteiger partial charge in [-0.2, -0.15) is 0 Å². The predicted octanol–water partition coefficient (Wildman–Crippen LogP) is 4.47. The number of hydrogen-bond donors (Lipinski definition) is 2. The van der Waals surface area contributed by atoms with Gasteiger partial charge in [-0.25, -0.2) is 4.79 Å². The Bertz CT molecular complexity index is 1070. The van der Waals surface area contributed by atoms with Gasteiger partial charge >= 0.3 is 5.97 Å². The number of nitrogens with one attached hydrogen (secondary N) is 1. The van der Waals surface area contributed by atoms with Gasteiger partial charge in [0.05, 0.1) is 6.42 Å². The number of carboxylic acid groups (broad SMARTS) is 1. The van der Waals surface area contributed by atoms with E-state index >= 15 is 0 Å². The predicted molar refractivity (Wildman–Crippen MR) is 127 cm³/mol. The highest BCUT2D eigenvalue weighted by Crippen LogP contribution is 2.20. The van der Waals surface area contributed by atoms with Gasteiger partial charge in [0.25, 0.3) is 0 Å². The molecule has 1 unspecified atom stereocenters. The summed E-state index contributed by atoms with van der Waals surface area (Å²) in [6.07, 6.45) is -0.810. The van der Waals surface area contributed by atoms with Crippen LogP contribution in [0.15, 0.2) is 78.9 Å². The first-order chi connectivity index (χ1) is 15.9. The first-order valence-corrected chi connectivity index (χ1v) is 10.9. The SMILES string of the molecule is CO[C@@H](Cc1cccc(OC(C)CC(=O)NCc2cccc(-c3ccccc3)c2)c1)C(=O)O. The molecule has 6 nitrogen and oxygen atoms in total. The average molecular weight is 448 g/mol. The van der Waals surface area contributed by atoms with E-state index in [0.29, 0.717) is 12.3 Å². The van der Waals surface area contributed by atoms with E-state index in [4.69, 9.17) is 14.6 Å². The van der Waals surface area contributed by atoms with Crippen molar-refractivity contribution in [1.82, 2.24) is 5.32 Å². The number of aliphatic carboxylic acids is 1. The lowest BCUT2D eigenvalue weighted by Gasteiger charge is -2.16. The lowest BCUT2D eigenvalue weighted by Crippen LogP contribution is -2.28. The molecule has 0 saturated carbocycles. The van der Waals surface area contributed by atoms with Crippen LogP contribution in [0.1, 0.15) is 24.5 Å². The standard InChI is InChI=1S/C27H29NO5/c1-19(33-24-13-7-8-20(16-24)17-25(32-2)27(30)31)14-26(29)28-18-21-9-6-12-23(15-21)22-10-4-3-5-11-22/h3-13,15-16,19,25H,14,17-18H2,1-2H3,(H,28,29)(H,30,31)/t19?,25-/m0/s1. The fourth-order valence-corrected chi connectivity index (χ4v) is 3.53. The molecule has 3 aromatic rings. The summed E-state index contributed by atoms with van der Waals surface area (Å²) in [5, 5.41) is 12.1. The molecule has 0 aliphatic heterocycles. The Hall–Kier alpha value is -3.64. The Morgan fingerprint density at radius 3 is 2.33 bits per heavy atom. The summed E-state index contributed by atoms with van der Waals surface area (Å²) in [6.45, 7) is 2.27. The zero-order valence-corrected chi connectivity index (χ0v) is 18.9. The molecule has 2 N–H and O–H groups in total. The molecule has 2 atom stereocenters. The highest BCUT2D eigenvalue weighted by molar-refractivity contribution is 5.76. The maximum absolute atomic E-state index is 12.4. The molecule has 0 aliphatic carbocycles. The van der Waals surface area contributed by atoms with Crippen molar-refractivity contribution in [2.45, 2.75) is 38.5 Å². The van der Waals surface area contributed by atoms with Crippen molar-refractivity contribution in [3.8, 4) is 16.9 Å². The summed E-state index contributed by atoms with van der Waals surface area (Å²) in [5.74, 6) is -0.527. The normalized spacial score (nSPS) is 12.5. The molecule has 0 radical (unpaired) electrons. The Kier molecular flexibility index (Phi) is 8.61. The molecule has 172 valence electrons. The number of methoxy groups -OCH3 is 1. The van der Waals surface area contributed by atoms with Crippen LogP contribution < -0.4 is 10.1 Å². The van der Waals surface area contributed by atoms with Crippen molar-refractivity contribution < 1.29 is 24.2 Å². The monoisotopic (exact) mass is 447 g/mol. The molecule has 0 bridgehead atoms. The second kappa shape index (κ2) is 11.8. The topological polar surface area (TPSA) is 84.9 Å². The number of amides is 1.